The Labute approximate surface area is 156 Å². The summed E-state index contributed by atoms with van der Waals surface area (Å²) in [7, 11) is 0. The molecule has 1 aliphatic rings. The van der Waals surface area contributed by atoms with E-state index in [0.717, 1.165) is 5.56 Å². The third-order valence-corrected chi connectivity index (χ3v) is 4.05. The highest BCUT2D eigenvalue weighted by molar-refractivity contribution is 5.85. The third-order valence-electron chi connectivity index (χ3n) is 4.05. The van der Waals surface area contributed by atoms with Crippen molar-refractivity contribution in [2.75, 3.05) is 26.2 Å². The zero-order valence-electron chi connectivity index (χ0n) is 13.9. The minimum Gasteiger partial charge on any atom is -0.477 e. The quantitative estimate of drug-likeness (QED) is 0.631. The third kappa shape index (κ3) is 4.47. The van der Waals surface area contributed by atoms with Crippen molar-refractivity contribution in [2.24, 2.45) is 0 Å². The van der Waals surface area contributed by atoms with Gasteiger partial charge in [-0.2, -0.15) is 0 Å². The molecule has 0 spiro atoms. The number of ether oxygens (including phenoxy) is 1. The average Bonchev–Trinajstić information content (AvgIpc) is 2.67. The first-order valence-electron chi connectivity index (χ1n) is 7.93. The zero-order valence-corrected chi connectivity index (χ0v) is 14.7. The van der Waals surface area contributed by atoms with Gasteiger partial charge in [-0.25, -0.2) is 0 Å². The lowest BCUT2D eigenvalue weighted by Gasteiger charge is -2.36. The van der Waals surface area contributed by atoms with E-state index in [1.807, 2.05) is 12.1 Å². The molecule has 3 rings (SSSR count). The Morgan fingerprint density at radius 1 is 1.35 bits per heavy atom. The van der Waals surface area contributed by atoms with Crippen LogP contribution < -0.4 is 10.1 Å². The Kier molecular flexibility index (Phi) is 6.88. The van der Waals surface area contributed by atoms with Gasteiger partial charge in [0.15, 0.2) is 12.4 Å². The van der Waals surface area contributed by atoms with Crippen molar-refractivity contribution in [2.45, 2.75) is 6.04 Å². The number of amides is 1. The number of aromatic nitrogens is 1. The molecule has 1 amide bonds. The molecule has 1 fully saturated rings. The van der Waals surface area contributed by atoms with Crippen LogP contribution in [0.3, 0.4) is 0 Å². The summed E-state index contributed by atoms with van der Waals surface area (Å²) in [5.41, 5.74) is 0.785. The number of benzene rings is 1. The summed E-state index contributed by atoms with van der Waals surface area (Å²) in [4.78, 5) is 28.9. The van der Waals surface area contributed by atoms with E-state index in [2.05, 4.69) is 10.3 Å². The summed E-state index contributed by atoms with van der Waals surface area (Å²) in [6.45, 7) is 1.61. The lowest BCUT2D eigenvalue weighted by molar-refractivity contribution is -0.385. The molecular weight excluding hydrogens is 360 g/mol. The van der Waals surface area contributed by atoms with Crippen LogP contribution in [0.25, 0.3) is 0 Å². The van der Waals surface area contributed by atoms with Crippen LogP contribution in [0.2, 0.25) is 0 Å². The van der Waals surface area contributed by atoms with Crippen LogP contribution >= 0.6 is 12.4 Å². The van der Waals surface area contributed by atoms with Crippen LogP contribution in [0.15, 0.2) is 48.8 Å². The monoisotopic (exact) mass is 378 g/mol. The minimum atomic E-state index is -0.525. The Balaban J connectivity index is 0.00000243. The number of nitro groups is 1. The number of piperazine rings is 1. The van der Waals surface area contributed by atoms with Crippen molar-refractivity contribution in [3.8, 4) is 5.75 Å². The van der Waals surface area contributed by atoms with Gasteiger partial charge in [-0.15, -0.1) is 12.4 Å². The number of carbonyl (C=O) groups excluding carboxylic acids is 1. The van der Waals surface area contributed by atoms with Gasteiger partial charge in [0.05, 0.1) is 11.0 Å². The van der Waals surface area contributed by atoms with Gasteiger partial charge in [-0.1, -0.05) is 18.2 Å². The molecular formula is C17H19ClN4O4. The molecule has 2 aromatic rings. The normalized spacial score (nSPS) is 16.5. The van der Waals surface area contributed by atoms with Crippen molar-refractivity contribution in [1.29, 1.82) is 0 Å². The maximum Gasteiger partial charge on any atom is 0.310 e. The number of para-hydroxylation sites is 2. The number of nitrogens with one attached hydrogen (secondary N) is 1. The van der Waals surface area contributed by atoms with Gasteiger partial charge in [-0.3, -0.25) is 19.9 Å². The molecule has 1 aromatic carbocycles. The smallest absolute Gasteiger partial charge is 0.310 e. The standard InChI is InChI=1S/C17H18N4O4.ClH/c22-17(12-25-16-6-2-1-5-14(16)21(23)24)20-9-8-19-11-15(20)13-4-3-7-18-10-13;/h1-7,10,15,19H,8-9,11-12H2;1H. The van der Waals surface area contributed by atoms with E-state index in [-0.39, 0.29) is 42.4 Å². The van der Waals surface area contributed by atoms with Crippen LogP contribution in [0.5, 0.6) is 5.75 Å². The Hall–Kier alpha value is -2.71. The van der Waals surface area contributed by atoms with Gasteiger partial charge in [-0.05, 0) is 17.7 Å². The molecule has 0 bridgehead atoms. The van der Waals surface area contributed by atoms with E-state index in [0.29, 0.717) is 19.6 Å². The summed E-state index contributed by atoms with van der Waals surface area (Å²) in [6.07, 6.45) is 3.42. The Morgan fingerprint density at radius 3 is 2.88 bits per heavy atom. The van der Waals surface area contributed by atoms with Crippen LogP contribution in [-0.4, -0.2) is 47.0 Å². The highest BCUT2D eigenvalue weighted by Crippen LogP contribution is 2.26. The lowest BCUT2D eigenvalue weighted by atomic mass is 10.1. The first-order chi connectivity index (χ1) is 12.2. The first kappa shape index (κ1) is 19.6. The average molecular weight is 379 g/mol. The van der Waals surface area contributed by atoms with Gasteiger partial charge in [0.25, 0.3) is 5.91 Å². The van der Waals surface area contributed by atoms with Crippen LogP contribution in [-0.2, 0) is 4.79 Å². The molecule has 0 aliphatic carbocycles. The van der Waals surface area contributed by atoms with Crippen molar-refractivity contribution in [1.82, 2.24) is 15.2 Å². The highest BCUT2D eigenvalue weighted by atomic mass is 35.5. The fourth-order valence-corrected chi connectivity index (χ4v) is 2.83. The molecule has 2 heterocycles. The van der Waals surface area contributed by atoms with Crippen LogP contribution in [0.1, 0.15) is 11.6 Å². The summed E-state index contributed by atoms with van der Waals surface area (Å²) in [5, 5.41) is 14.3. The van der Waals surface area contributed by atoms with E-state index < -0.39 is 4.92 Å². The summed E-state index contributed by atoms with van der Waals surface area (Å²) in [6, 6.07) is 9.65. The van der Waals surface area contributed by atoms with E-state index in [4.69, 9.17) is 4.74 Å². The van der Waals surface area contributed by atoms with Crippen molar-refractivity contribution >= 4 is 24.0 Å². The van der Waals surface area contributed by atoms with Crippen molar-refractivity contribution in [3.05, 3.63) is 64.5 Å². The second kappa shape index (κ2) is 9.12. The molecule has 1 aromatic heterocycles. The number of pyridine rings is 1. The summed E-state index contributed by atoms with van der Waals surface area (Å²) >= 11 is 0. The molecule has 8 nitrogen and oxygen atoms in total. The Bertz CT molecular complexity index is 759. The first-order valence-corrected chi connectivity index (χ1v) is 7.93. The molecule has 1 N–H and O–H groups in total. The highest BCUT2D eigenvalue weighted by Gasteiger charge is 2.28. The lowest BCUT2D eigenvalue weighted by Crippen LogP contribution is -2.50. The SMILES string of the molecule is Cl.O=C(COc1ccccc1[N+](=O)[O-])N1CCNCC1c1cccnc1. The topological polar surface area (TPSA) is 97.6 Å². The van der Waals surface area contributed by atoms with E-state index in [1.165, 1.54) is 12.1 Å². The zero-order chi connectivity index (χ0) is 17.6. The van der Waals surface area contributed by atoms with Gasteiger partial charge >= 0.3 is 5.69 Å². The Morgan fingerprint density at radius 2 is 2.15 bits per heavy atom. The molecule has 1 unspecified atom stereocenters. The number of nitrogens with zero attached hydrogens (tertiary/aromatic N) is 3. The maximum absolute atomic E-state index is 12.6. The summed E-state index contributed by atoms with van der Waals surface area (Å²) < 4.78 is 5.43. The molecule has 9 heteroatoms. The minimum absolute atomic E-state index is 0. The molecule has 1 aliphatic heterocycles. The van der Waals surface area contributed by atoms with Gasteiger partial charge in [0.1, 0.15) is 0 Å². The van der Waals surface area contributed by atoms with Crippen molar-refractivity contribution in [3.63, 3.8) is 0 Å². The molecule has 1 atom stereocenters. The largest absolute Gasteiger partial charge is 0.477 e. The number of nitro benzene ring substituents is 1. The fourth-order valence-electron chi connectivity index (χ4n) is 2.83. The number of halogens is 1. The van der Waals surface area contributed by atoms with E-state index in [1.54, 1.807) is 29.4 Å². The van der Waals surface area contributed by atoms with Gasteiger partial charge < -0.3 is 15.0 Å². The van der Waals surface area contributed by atoms with Crippen LogP contribution in [0.4, 0.5) is 5.69 Å². The van der Waals surface area contributed by atoms with Crippen molar-refractivity contribution < 1.29 is 14.5 Å². The number of rotatable bonds is 5. The summed E-state index contributed by atoms with van der Waals surface area (Å²) in [5.74, 6) is -0.123. The maximum atomic E-state index is 12.6. The molecule has 26 heavy (non-hydrogen) atoms. The molecule has 0 saturated carbocycles. The van der Waals surface area contributed by atoms with E-state index >= 15 is 0 Å². The second-order valence-electron chi connectivity index (χ2n) is 5.61. The van der Waals surface area contributed by atoms with Crippen LogP contribution in [0, 0.1) is 10.1 Å². The predicted molar refractivity (Wildman–Crippen MR) is 97.4 cm³/mol. The predicted octanol–water partition coefficient (Wildman–Crippen LogP) is 1.96. The van der Waals surface area contributed by atoms with E-state index in [9.17, 15) is 14.9 Å². The van der Waals surface area contributed by atoms with Gasteiger partial charge in [0, 0.05) is 38.1 Å². The second-order valence-corrected chi connectivity index (χ2v) is 5.61. The molecule has 0 radical (unpaired) electrons. The number of hydrogen-bond acceptors (Lipinski definition) is 6. The number of hydrogen-bond donors (Lipinski definition) is 1. The fraction of sp³-hybridized carbons (Fsp3) is 0.294. The van der Waals surface area contributed by atoms with Gasteiger partial charge in [0.2, 0.25) is 0 Å². The molecule has 138 valence electrons. The number of carbonyl (C=O) groups is 1. The molecule has 1 saturated heterocycles.